The van der Waals surface area contributed by atoms with Crippen molar-refractivity contribution in [3.8, 4) is 5.75 Å². The first-order chi connectivity index (χ1) is 17.7. The minimum atomic E-state index is -4.65. The van der Waals surface area contributed by atoms with Gasteiger partial charge in [0, 0.05) is 11.3 Å². The summed E-state index contributed by atoms with van der Waals surface area (Å²) >= 11 is 0. The summed E-state index contributed by atoms with van der Waals surface area (Å²) in [6.45, 7) is 0. The number of nitrogens with zero attached hydrogens (tertiary/aromatic N) is 1. The number of anilines is 1. The molecular formula is C29H20F3NO4. The molecular weight excluding hydrogens is 483 g/mol. The third-order valence-corrected chi connectivity index (χ3v) is 6.37. The third kappa shape index (κ3) is 4.20. The zero-order valence-corrected chi connectivity index (χ0v) is 19.5. The van der Waals surface area contributed by atoms with Gasteiger partial charge in [-0.25, -0.2) is 0 Å². The maximum Gasteiger partial charge on any atom is 0.416 e. The predicted molar refractivity (Wildman–Crippen MR) is 133 cm³/mol. The smallest absolute Gasteiger partial charge is 0.416 e. The molecule has 1 aliphatic heterocycles. The highest BCUT2D eigenvalue weighted by atomic mass is 19.4. The lowest BCUT2D eigenvalue weighted by atomic mass is 9.93. The van der Waals surface area contributed by atoms with Gasteiger partial charge in [0.2, 0.25) is 0 Å². The van der Waals surface area contributed by atoms with Gasteiger partial charge in [-0.05, 0) is 46.7 Å². The first-order valence-electron chi connectivity index (χ1n) is 11.3. The zero-order valence-electron chi connectivity index (χ0n) is 19.5. The molecule has 0 radical (unpaired) electrons. The van der Waals surface area contributed by atoms with E-state index in [9.17, 15) is 27.9 Å². The average Bonchev–Trinajstić information content (AvgIpc) is 3.17. The van der Waals surface area contributed by atoms with Crippen LogP contribution in [0.2, 0.25) is 0 Å². The van der Waals surface area contributed by atoms with E-state index in [1.165, 1.54) is 19.2 Å². The molecule has 0 aromatic heterocycles. The second-order valence-electron chi connectivity index (χ2n) is 8.52. The first-order valence-corrected chi connectivity index (χ1v) is 11.3. The van der Waals surface area contributed by atoms with Crippen LogP contribution in [0.1, 0.15) is 22.7 Å². The highest BCUT2D eigenvalue weighted by molar-refractivity contribution is 6.51. The molecule has 4 aromatic rings. The number of alkyl halides is 3. The number of benzene rings is 4. The third-order valence-electron chi connectivity index (χ3n) is 6.37. The monoisotopic (exact) mass is 503 g/mol. The Morgan fingerprint density at radius 2 is 1.57 bits per heavy atom. The molecule has 0 saturated carbocycles. The van der Waals surface area contributed by atoms with Crippen LogP contribution in [0.3, 0.4) is 0 Å². The number of ether oxygens (including phenoxy) is 1. The predicted octanol–water partition coefficient (Wildman–Crippen LogP) is 6.49. The molecule has 0 spiro atoms. The van der Waals surface area contributed by atoms with Crippen LogP contribution in [-0.2, 0) is 15.8 Å². The van der Waals surface area contributed by atoms with Crippen molar-refractivity contribution in [1.82, 2.24) is 0 Å². The number of methoxy groups -OCH3 is 1. The average molecular weight is 503 g/mol. The summed E-state index contributed by atoms with van der Waals surface area (Å²) in [5, 5.41) is 12.9. The van der Waals surface area contributed by atoms with Crippen LogP contribution in [0.25, 0.3) is 16.5 Å². The van der Waals surface area contributed by atoms with E-state index in [1.807, 2.05) is 18.2 Å². The number of hydrogen-bond acceptors (Lipinski definition) is 4. The van der Waals surface area contributed by atoms with E-state index in [1.54, 1.807) is 48.5 Å². The number of hydrogen-bond donors (Lipinski definition) is 1. The van der Waals surface area contributed by atoms with Gasteiger partial charge in [0.1, 0.15) is 11.5 Å². The Labute approximate surface area is 210 Å². The number of halogens is 3. The molecule has 1 atom stereocenters. The number of ketones is 1. The Balaban J connectivity index is 1.76. The van der Waals surface area contributed by atoms with E-state index < -0.39 is 35.2 Å². The molecule has 1 aliphatic rings. The number of Topliss-reactive ketones (excluding diaryl/α,β-unsaturated/α-hetero) is 1. The second kappa shape index (κ2) is 9.13. The first kappa shape index (κ1) is 24.1. The van der Waals surface area contributed by atoms with Crippen LogP contribution in [0, 0.1) is 0 Å². The molecule has 8 heteroatoms. The largest absolute Gasteiger partial charge is 0.507 e. The van der Waals surface area contributed by atoms with Crippen molar-refractivity contribution in [2.75, 3.05) is 12.0 Å². The number of amides is 1. The summed E-state index contributed by atoms with van der Waals surface area (Å²) < 4.78 is 45.6. The van der Waals surface area contributed by atoms with Crippen molar-refractivity contribution >= 4 is 33.9 Å². The maximum absolute atomic E-state index is 13.5. The molecule has 4 aromatic carbocycles. The van der Waals surface area contributed by atoms with Crippen molar-refractivity contribution in [2.24, 2.45) is 0 Å². The van der Waals surface area contributed by atoms with Crippen LogP contribution < -0.4 is 9.64 Å². The van der Waals surface area contributed by atoms with E-state index >= 15 is 0 Å². The summed E-state index contributed by atoms with van der Waals surface area (Å²) in [6, 6.07) is 21.9. The summed E-state index contributed by atoms with van der Waals surface area (Å²) in [5.41, 5.74) is -0.550. The lowest BCUT2D eigenvalue weighted by molar-refractivity contribution is -0.137. The minimum Gasteiger partial charge on any atom is -0.507 e. The SMILES string of the molecule is COc1ccc(C2/C(=C(/O)c3cccc4ccccc34)C(=O)C(=O)N2c2cccc(C(F)(F)F)c2)cc1. The molecule has 1 amide bonds. The minimum absolute atomic E-state index is 0.116. The van der Waals surface area contributed by atoms with Crippen LogP contribution in [-0.4, -0.2) is 23.9 Å². The molecule has 1 heterocycles. The normalized spacial score (nSPS) is 17.4. The molecule has 37 heavy (non-hydrogen) atoms. The number of carbonyl (C=O) groups excluding carboxylic acids is 2. The van der Waals surface area contributed by atoms with Gasteiger partial charge in [-0.1, -0.05) is 60.7 Å². The molecule has 5 nitrogen and oxygen atoms in total. The van der Waals surface area contributed by atoms with E-state index in [0.29, 0.717) is 22.3 Å². The van der Waals surface area contributed by atoms with Crippen LogP contribution in [0.5, 0.6) is 5.75 Å². The summed E-state index contributed by atoms with van der Waals surface area (Å²) in [4.78, 5) is 27.7. The number of fused-ring (bicyclic) bond motifs is 1. The number of carbonyl (C=O) groups is 2. The Morgan fingerprint density at radius 3 is 2.27 bits per heavy atom. The van der Waals surface area contributed by atoms with Crippen molar-refractivity contribution in [3.63, 3.8) is 0 Å². The molecule has 1 saturated heterocycles. The van der Waals surface area contributed by atoms with Gasteiger partial charge in [-0.3, -0.25) is 14.5 Å². The summed E-state index contributed by atoms with van der Waals surface area (Å²) in [6.07, 6.45) is -4.65. The van der Waals surface area contributed by atoms with E-state index in [4.69, 9.17) is 4.74 Å². The molecule has 1 fully saturated rings. The fourth-order valence-electron chi connectivity index (χ4n) is 4.61. The van der Waals surface area contributed by atoms with Gasteiger partial charge in [0.05, 0.1) is 24.3 Å². The Hall–Kier alpha value is -4.59. The zero-order chi connectivity index (χ0) is 26.3. The highest BCUT2D eigenvalue weighted by Gasteiger charge is 2.47. The molecule has 186 valence electrons. The quantitative estimate of drug-likeness (QED) is 0.196. The lowest BCUT2D eigenvalue weighted by Crippen LogP contribution is -2.29. The maximum atomic E-state index is 13.5. The topological polar surface area (TPSA) is 66.8 Å². The van der Waals surface area contributed by atoms with E-state index in [-0.39, 0.29) is 11.3 Å². The lowest BCUT2D eigenvalue weighted by Gasteiger charge is -2.26. The molecule has 1 N–H and O–H groups in total. The summed E-state index contributed by atoms with van der Waals surface area (Å²) in [7, 11) is 1.48. The van der Waals surface area contributed by atoms with Gasteiger partial charge < -0.3 is 9.84 Å². The number of rotatable bonds is 4. The molecule has 1 unspecified atom stereocenters. The Bertz CT molecular complexity index is 1550. The van der Waals surface area contributed by atoms with Gasteiger partial charge in [0.25, 0.3) is 11.7 Å². The van der Waals surface area contributed by atoms with Crippen molar-refractivity contribution in [1.29, 1.82) is 0 Å². The van der Waals surface area contributed by atoms with Crippen LogP contribution in [0.4, 0.5) is 18.9 Å². The standard InChI is InChI=1S/C29H20F3NO4/c1-37-21-14-12-18(13-15-21)25-24(26(34)23-11-4-7-17-6-2-3-10-22(17)23)27(35)28(36)33(25)20-9-5-8-19(16-20)29(30,31)32/h2-16,25,34H,1H3/b26-24-. The summed E-state index contributed by atoms with van der Waals surface area (Å²) in [5.74, 6) is -1.94. The molecule has 5 rings (SSSR count). The van der Waals surface area contributed by atoms with Gasteiger partial charge in [0.15, 0.2) is 0 Å². The van der Waals surface area contributed by atoms with Crippen LogP contribution >= 0.6 is 0 Å². The molecule has 0 aliphatic carbocycles. The highest BCUT2D eigenvalue weighted by Crippen LogP contribution is 2.44. The van der Waals surface area contributed by atoms with E-state index in [2.05, 4.69) is 0 Å². The Morgan fingerprint density at radius 1 is 0.892 bits per heavy atom. The molecule has 0 bridgehead atoms. The van der Waals surface area contributed by atoms with Gasteiger partial charge >= 0.3 is 6.18 Å². The van der Waals surface area contributed by atoms with Crippen LogP contribution in [0.15, 0.2) is 96.6 Å². The van der Waals surface area contributed by atoms with Crippen molar-refractivity contribution in [3.05, 3.63) is 113 Å². The Kier molecular flexibility index (Phi) is 5.95. The van der Waals surface area contributed by atoms with Gasteiger partial charge in [-0.2, -0.15) is 13.2 Å². The van der Waals surface area contributed by atoms with Crippen molar-refractivity contribution < 1.29 is 32.6 Å². The second-order valence-corrected chi connectivity index (χ2v) is 8.52. The van der Waals surface area contributed by atoms with Crippen molar-refractivity contribution in [2.45, 2.75) is 12.2 Å². The number of aliphatic hydroxyl groups excluding tert-OH is 1. The fourth-order valence-corrected chi connectivity index (χ4v) is 4.61. The number of aliphatic hydroxyl groups is 1. The van der Waals surface area contributed by atoms with E-state index in [0.717, 1.165) is 22.4 Å². The van der Waals surface area contributed by atoms with Gasteiger partial charge in [-0.15, -0.1) is 0 Å². The fraction of sp³-hybridized carbons (Fsp3) is 0.103.